The molecule has 2 aromatic rings. The first kappa shape index (κ1) is 21.7. The number of anilines is 1. The molecule has 7 heteroatoms. The summed E-state index contributed by atoms with van der Waals surface area (Å²) in [6.45, 7) is 0.682. The molecule has 2 amide bonds. The maximum Gasteiger partial charge on any atom is 0.319 e. The number of carbonyl (C=O) groups is 2. The highest BCUT2D eigenvalue weighted by molar-refractivity contribution is 5.91. The average Bonchev–Trinajstić information content (AvgIpc) is 3.13. The standard InChI is InChI=1S/C21H32N4O3/c26-20(27)11-9-7-5-3-1-2-4-6-8-10-14-22-21(28)25-17-12-13-18-19(15-17)24-16-23-18/h12-13,15-16H,1-11,14H2,(H,23,24)(H,26,27)(H2,22,25,28). The number of aromatic nitrogens is 2. The number of carbonyl (C=O) groups excluding carboxylic acids is 1. The van der Waals surface area contributed by atoms with Gasteiger partial charge < -0.3 is 20.7 Å². The number of H-pyrrole nitrogens is 1. The van der Waals surface area contributed by atoms with E-state index in [0.29, 0.717) is 13.0 Å². The molecule has 1 aromatic heterocycles. The zero-order valence-electron chi connectivity index (χ0n) is 16.5. The second-order valence-corrected chi connectivity index (χ2v) is 7.19. The van der Waals surface area contributed by atoms with Gasteiger partial charge in [-0.05, 0) is 31.0 Å². The van der Waals surface area contributed by atoms with E-state index < -0.39 is 5.97 Å². The molecule has 0 radical (unpaired) electrons. The van der Waals surface area contributed by atoms with E-state index in [1.54, 1.807) is 6.33 Å². The number of carboxylic acids is 1. The number of fused-ring (bicyclic) bond motifs is 1. The summed E-state index contributed by atoms with van der Waals surface area (Å²) in [5.41, 5.74) is 2.53. The molecule has 2 rings (SSSR count). The van der Waals surface area contributed by atoms with Crippen molar-refractivity contribution in [1.29, 1.82) is 0 Å². The summed E-state index contributed by atoms with van der Waals surface area (Å²) in [6.07, 6.45) is 13.1. The van der Waals surface area contributed by atoms with Crippen LogP contribution in [0.5, 0.6) is 0 Å². The van der Waals surface area contributed by atoms with Crippen molar-refractivity contribution in [2.75, 3.05) is 11.9 Å². The normalized spacial score (nSPS) is 10.9. The summed E-state index contributed by atoms with van der Waals surface area (Å²) in [4.78, 5) is 29.5. The molecular weight excluding hydrogens is 356 g/mol. The van der Waals surface area contributed by atoms with Crippen molar-refractivity contribution < 1.29 is 14.7 Å². The van der Waals surface area contributed by atoms with Gasteiger partial charge in [-0.25, -0.2) is 9.78 Å². The number of hydrogen-bond donors (Lipinski definition) is 4. The third-order valence-electron chi connectivity index (χ3n) is 4.78. The van der Waals surface area contributed by atoms with E-state index in [4.69, 9.17) is 5.11 Å². The fourth-order valence-corrected chi connectivity index (χ4v) is 3.21. The molecule has 0 bridgehead atoms. The van der Waals surface area contributed by atoms with Crippen molar-refractivity contribution >= 4 is 28.7 Å². The Morgan fingerprint density at radius 2 is 1.57 bits per heavy atom. The van der Waals surface area contributed by atoms with Gasteiger partial charge in [0.15, 0.2) is 0 Å². The topological polar surface area (TPSA) is 107 Å². The Kier molecular flexibility index (Phi) is 9.89. The molecule has 0 saturated carbocycles. The Balaban J connectivity index is 1.40. The van der Waals surface area contributed by atoms with Gasteiger partial charge in [0.25, 0.3) is 0 Å². The minimum atomic E-state index is -0.692. The molecule has 0 atom stereocenters. The lowest BCUT2D eigenvalue weighted by Gasteiger charge is -2.07. The SMILES string of the molecule is O=C(O)CCCCCCCCCCCCNC(=O)Nc1ccc2nc[nH]c2c1. The molecule has 0 unspecified atom stereocenters. The highest BCUT2D eigenvalue weighted by atomic mass is 16.4. The van der Waals surface area contributed by atoms with Crippen LogP contribution in [0.25, 0.3) is 11.0 Å². The number of amides is 2. The fourth-order valence-electron chi connectivity index (χ4n) is 3.21. The van der Waals surface area contributed by atoms with Gasteiger partial charge >= 0.3 is 12.0 Å². The summed E-state index contributed by atoms with van der Waals surface area (Å²) in [6, 6.07) is 5.40. The molecule has 7 nitrogen and oxygen atoms in total. The first-order chi connectivity index (χ1) is 13.6. The predicted molar refractivity (Wildman–Crippen MR) is 112 cm³/mol. The van der Waals surface area contributed by atoms with Crippen LogP contribution in [-0.2, 0) is 4.79 Å². The van der Waals surface area contributed by atoms with Crippen LogP contribution in [0.3, 0.4) is 0 Å². The van der Waals surface area contributed by atoms with Crippen LogP contribution >= 0.6 is 0 Å². The molecule has 0 spiro atoms. The molecule has 0 saturated heterocycles. The van der Waals surface area contributed by atoms with Gasteiger partial charge in [-0.3, -0.25) is 4.79 Å². The van der Waals surface area contributed by atoms with E-state index in [9.17, 15) is 9.59 Å². The molecule has 0 fully saturated rings. The maximum absolute atomic E-state index is 11.9. The van der Waals surface area contributed by atoms with Crippen molar-refractivity contribution in [1.82, 2.24) is 15.3 Å². The van der Waals surface area contributed by atoms with Crippen LogP contribution in [0.15, 0.2) is 24.5 Å². The number of imidazole rings is 1. The zero-order chi connectivity index (χ0) is 20.0. The van der Waals surface area contributed by atoms with Gasteiger partial charge in [0.1, 0.15) is 0 Å². The summed E-state index contributed by atoms with van der Waals surface area (Å²) < 4.78 is 0. The van der Waals surface area contributed by atoms with Crippen molar-refractivity contribution in [3.05, 3.63) is 24.5 Å². The molecule has 1 aromatic carbocycles. The summed E-state index contributed by atoms with van der Waals surface area (Å²) in [7, 11) is 0. The lowest BCUT2D eigenvalue weighted by atomic mass is 10.1. The number of rotatable bonds is 14. The first-order valence-electron chi connectivity index (χ1n) is 10.3. The average molecular weight is 389 g/mol. The third kappa shape index (κ3) is 8.88. The highest BCUT2D eigenvalue weighted by Crippen LogP contribution is 2.15. The number of nitrogens with zero attached hydrogens (tertiary/aromatic N) is 1. The molecule has 0 aliphatic rings. The molecule has 28 heavy (non-hydrogen) atoms. The molecule has 0 aliphatic carbocycles. The van der Waals surface area contributed by atoms with Crippen LogP contribution in [0, 0.1) is 0 Å². The van der Waals surface area contributed by atoms with Gasteiger partial charge in [-0.2, -0.15) is 0 Å². The zero-order valence-corrected chi connectivity index (χ0v) is 16.5. The lowest BCUT2D eigenvalue weighted by molar-refractivity contribution is -0.137. The highest BCUT2D eigenvalue weighted by Gasteiger charge is 2.03. The Labute approximate surface area is 166 Å². The van der Waals surface area contributed by atoms with Gasteiger partial charge in [0.05, 0.1) is 17.4 Å². The number of unbranched alkanes of at least 4 members (excludes halogenated alkanes) is 9. The molecule has 1 heterocycles. The van der Waals surface area contributed by atoms with Crippen molar-refractivity contribution in [3.8, 4) is 0 Å². The van der Waals surface area contributed by atoms with Crippen molar-refractivity contribution in [2.45, 2.75) is 70.6 Å². The van der Waals surface area contributed by atoms with E-state index in [1.807, 2.05) is 18.2 Å². The van der Waals surface area contributed by atoms with Crippen molar-refractivity contribution in [2.24, 2.45) is 0 Å². The van der Waals surface area contributed by atoms with Gasteiger partial charge in [0.2, 0.25) is 0 Å². The van der Waals surface area contributed by atoms with Crippen molar-refractivity contribution in [3.63, 3.8) is 0 Å². The second kappa shape index (κ2) is 12.8. The number of nitrogens with one attached hydrogen (secondary N) is 3. The quantitative estimate of drug-likeness (QED) is 0.339. The lowest BCUT2D eigenvalue weighted by Crippen LogP contribution is -2.29. The van der Waals surface area contributed by atoms with Gasteiger partial charge in [-0.15, -0.1) is 0 Å². The van der Waals surface area contributed by atoms with Gasteiger partial charge in [-0.1, -0.05) is 51.4 Å². The number of aliphatic carboxylic acids is 1. The van der Waals surface area contributed by atoms with Crippen LogP contribution < -0.4 is 10.6 Å². The number of hydrogen-bond acceptors (Lipinski definition) is 3. The summed E-state index contributed by atoms with van der Waals surface area (Å²) >= 11 is 0. The fraction of sp³-hybridized carbons (Fsp3) is 0.571. The number of benzene rings is 1. The van der Waals surface area contributed by atoms with Crippen LogP contribution in [0.4, 0.5) is 10.5 Å². The molecule has 4 N–H and O–H groups in total. The first-order valence-corrected chi connectivity index (χ1v) is 10.3. The Hall–Kier alpha value is -2.57. The van der Waals surface area contributed by atoms with Gasteiger partial charge in [0, 0.05) is 18.7 Å². The minimum absolute atomic E-state index is 0.179. The molecule has 154 valence electrons. The monoisotopic (exact) mass is 388 g/mol. The number of urea groups is 1. The van der Waals surface area contributed by atoms with E-state index in [1.165, 1.54) is 32.1 Å². The largest absolute Gasteiger partial charge is 0.481 e. The Morgan fingerprint density at radius 1 is 0.929 bits per heavy atom. The number of aromatic amines is 1. The third-order valence-corrected chi connectivity index (χ3v) is 4.78. The summed E-state index contributed by atoms with van der Waals surface area (Å²) in [5.74, 6) is -0.692. The maximum atomic E-state index is 11.9. The van der Waals surface area contributed by atoms with Crippen LogP contribution in [0.1, 0.15) is 70.6 Å². The second-order valence-electron chi connectivity index (χ2n) is 7.19. The van der Waals surface area contributed by atoms with E-state index >= 15 is 0 Å². The van der Waals surface area contributed by atoms with Crippen LogP contribution in [-0.4, -0.2) is 33.6 Å². The minimum Gasteiger partial charge on any atom is -0.481 e. The van der Waals surface area contributed by atoms with E-state index in [0.717, 1.165) is 48.8 Å². The molecular formula is C21H32N4O3. The predicted octanol–water partition coefficient (Wildman–Crippen LogP) is 5.06. The smallest absolute Gasteiger partial charge is 0.319 e. The van der Waals surface area contributed by atoms with E-state index in [2.05, 4.69) is 20.6 Å². The molecule has 0 aliphatic heterocycles. The Bertz CT molecular complexity index is 729. The van der Waals surface area contributed by atoms with E-state index in [-0.39, 0.29) is 6.03 Å². The van der Waals surface area contributed by atoms with Crippen LogP contribution in [0.2, 0.25) is 0 Å². The summed E-state index contributed by atoms with van der Waals surface area (Å²) in [5, 5.41) is 14.3. The number of carboxylic acid groups (broad SMARTS) is 1. The Morgan fingerprint density at radius 3 is 2.25 bits per heavy atom.